The van der Waals surface area contributed by atoms with Gasteiger partial charge in [0.1, 0.15) is 5.58 Å². The van der Waals surface area contributed by atoms with Crippen molar-refractivity contribution in [3.63, 3.8) is 0 Å². The monoisotopic (exact) mass is 292 g/mol. The molecule has 0 radical (unpaired) electrons. The van der Waals surface area contributed by atoms with E-state index in [9.17, 15) is 9.59 Å². The Kier molecular flexibility index (Phi) is 3.14. The molecule has 1 aromatic heterocycles. The van der Waals surface area contributed by atoms with Crippen LogP contribution >= 0.6 is 11.6 Å². The molecule has 1 aliphatic carbocycles. The van der Waals surface area contributed by atoms with Gasteiger partial charge in [0.2, 0.25) is 5.91 Å². The maximum atomic E-state index is 12.0. The number of rotatable bonds is 2. The zero-order chi connectivity index (χ0) is 14.3. The normalized spacial score (nSPS) is 14.3. The Bertz CT molecular complexity index is 704. The molecule has 0 saturated heterocycles. The molecule has 2 N–H and O–H groups in total. The first kappa shape index (κ1) is 13.0. The van der Waals surface area contributed by atoms with Gasteiger partial charge in [0, 0.05) is 21.9 Å². The lowest BCUT2D eigenvalue weighted by Gasteiger charge is -2.05. The first-order chi connectivity index (χ1) is 9.56. The minimum atomic E-state index is -0.469. The molecule has 1 fully saturated rings. The van der Waals surface area contributed by atoms with E-state index < -0.39 is 5.91 Å². The number of benzene rings is 1. The molecule has 1 saturated carbocycles. The molecule has 2 aromatic rings. The molecule has 0 aliphatic heterocycles. The number of carbonyl (C=O) groups is 2. The molecule has 6 heteroatoms. The SMILES string of the molecule is Cc1c(C(=O)NNC(=O)C2CC2)oc2ccc(Cl)cc12. The Morgan fingerprint density at radius 1 is 1.30 bits per heavy atom. The minimum absolute atomic E-state index is 0.0332. The van der Waals surface area contributed by atoms with Crippen molar-refractivity contribution >= 4 is 34.4 Å². The van der Waals surface area contributed by atoms with E-state index in [2.05, 4.69) is 10.9 Å². The van der Waals surface area contributed by atoms with E-state index in [1.807, 2.05) is 0 Å². The lowest BCUT2D eigenvalue weighted by molar-refractivity contribution is -0.123. The number of amides is 2. The van der Waals surface area contributed by atoms with Crippen LogP contribution in [0.2, 0.25) is 5.02 Å². The predicted molar refractivity (Wildman–Crippen MR) is 74.3 cm³/mol. The van der Waals surface area contributed by atoms with Gasteiger partial charge in [-0.15, -0.1) is 0 Å². The second-order valence-electron chi connectivity index (χ2n) is 4.91. The van der Waals surface area contributed by atoms with Gasteiger partial charge in [-0.2, -0.15) is 0 Å². The Balaban J connectivity index is 1.80. The van der Waals surface area contributed by atoms with Gasteiger partial charge in [0.25, 0.3) is 0 Å². The van der Waals surface area contributed by atoms with Gasteiger partial charge in [-0.1, -0.05) is 11.6 Å². The lowest BCUT2D eigenvalue weighted by Crippen LogP contribution is -2.42. The average molecular weight is 293 g/mol. The number of carbonyl (C=O) groups excluding carboxylic acids is 2. The van der Waals surface area contributed by atoms with Gasteiger partial charge in [0.15, 0.2) is 5.76 Å². The van der Waals surface area contributed by atoms with Crippen molar-refractivity contribution in [2.45, 2.75) is 19.8 Å². The Morgan fingerprint density at radius 2 is 2.05 bits per heavy atom. The molecule has 1 aromatic carbocycles. The van der Waals surface area contributed by atoms with E-state index in [1.165, 1.54) is 0 Å². The van der Waals surface area contributed by atoms with E-state index >= 15 is 0 Å². The van der Waals surface area contributed by atoms with Crippen molar-refractivity contribution in [1.82, 2.24) is 10.9 Å². The van der Waals surface area contributed by atoms with Gasteiger partial charge in [-0.25, -0.2) is 0 Å². The summed E-state index contributed by atoms with van der Waals surface area (Å²) in [6.45, 7) is 1.78. The van der Waals surface area contributed by atoms with Crippen LogP contribution in [0.1, 0.15) is 29.0 Å². The van der Waals surface area contributed by atoms with Gasteiger partial charge in [-0.3, -0.25) is 20.4 Å². The molecule has 0 unspecified atom stereocenters. The summed E-state index contributed by atoms with van der Waals surface area (Å²) in [5, 5.41) is 1.37. The molecule has 1 heterocycles. The van der Waals surface area contributed by atoms with E-state index in [0.717, 1.165) is 18.2 Å². The van der Waals surface area contributed by atoms with Crippen LogP contribution in [-0.2, 0) is 4.79 Å². The molecular weight excluding hydrogens is 280 g/mol. The zero-order valence-corrected chi connectivity index (χ0v) is 11.6. The van der Waals surface area contributed by atoms with Gasteiger partial charge in [0.05, 0.1) is 0 Å². The average Bonchev–Trinajstić information content (AvgIpc) is 3.22. The predicted octanol–water partition coefficient (Wildman–Crippen LogP) is 2.57. The molecule has 5 nitrogen and oxygen atoms in total. The summed E-state index contributed by atoms with van der Waals surface area (Å²) in [6, 6.07) is 5.16. The summed E-state index contributed by atoms with van der Waals surface area (Å²) in [5.74, 6) is -0.414. The molecule has 0 atom stereocenters. The Labute approximate surface area is 120 Å². The van der Waals surface area contributed by atoms with Crippen LogP contribution in [0.3, 0.4) is 0 Å². The lowest BCUT2D eigenvalue weighted by atomic mass is 10.1. The number of nitrogens with one attached hydrogen (secondary N) is 2. The van der Waals surface area contributed by atoms with Crippen molar-refractivity contribution in [2.75, 3.05) is 0 Å². The zero-order valence-electron chi connectivity index (χ0n) is 10.8. The van der Waals surface area contributed by atoms with Gasteiger partial charge in [-0.05, 0) is 38.0 Å². The fourth-order valence-electron chi connectivity index (χ4n) is 2.03. The third kappa shape index (κ3) is 2.36. The Morgan fingerprint density at radius 3 is 2.75 bits per heavy atom. The smallest absolute Gasteiger partial charge is 0.305 e. The molecule has 3 rings (SSSR count). The molecule has 0 bridgehead atoms. The fourth-order valence-corrected chi connectivity index (χ4v) is 2.20. The highest BCUT2D eigenvalue weighted by Crippen LogP contribution is 2.29. The van der Waals surface area contributed by atoms with E-state index in [0.29, 0.717) is 16.2 Å². The van der Waals surface area contributed by atoms with Crippen LogP contribution in [0, 0.1) is 12.8 Å². The third-order valence-corrected chi connectivity index (χ3v) is 3.59. The van der Waals surface area contributed by atoms with Crippen molar-refractivity contribution < 1.29 is 14.0 Å². The Hall–Kier alpha value is -2.01. The molecular formula is C14H13ClN2O3. The standard InChI is InChI=1S/C14H13ClN2O3/c1-7-10-6-9(15)4-5-11(10)20-12(7)14(19)17-16-13(18)8-2-3-8/h4-6,8H,2-3H2,1H3,(H,16,18)(H,17,19). The number of furan rings is 1. The first-order valence-corrected chi connectivity index (χ1v) is 6.73. The first-order valence-electron chi connectivity index (χ1n) is 6.35. The maximum absolute atomic E-state index is 12.0. The van der Waals surface area contributed by atoms with Gasteiger partial charge < -0.3 is 4.42 Å². The second-order valence-corrected chi connectivity index (χ2v) is 5.35. The van der Waals surface area contributed by atoms with E-state index in [1.54, 1.807) is 25.1 Å². The fraction of sp³-hybridized carbons (Fsp3) is 0.286. The van der Waals surface area contributed by atoms with E-state index in [-0.39, 0.29) is 17.6 Å². The number of hydrogen-bond donors (Lipinski definition) is 2. The summed E-state index contributed by atoms with van der Waals surface area (Å²) in [5.41, 5.74) is 6.06. The highest BCUT2D eigenvalue weighted by atomic mass is 35.5. The third-order valence-electron chi connectivity index (χ3n) is 3.35. The topological polar surface area (TPSA) is 71.3 Å². The van der Waals surface area contributed by atoms with Crippen LogP contribution in [-0.4, -0.2) is 11.8 Å². The van der Waals surface area contributed by atoms with Crippen LogP contribution in [0.4, 0.5) is 0 Å². The van der Waals surface area contributed by atoms with Crippen LogP contribution in [0.15, 0.2) is 22.6 Å². The number of hydrazine groups is 1. The summed E-state index contributed by atoms with van der Waals surface area (Å²) in [7, 11) is 0. The number of fused-ring (bicyclic) bond motifs is 1. The number of aryl methyl sites for hydroxylation is 1. The van der Waals surface area contributed by atoms with Crippen molar-refractivity contribution in [1.29, 1.82) is 0 Å². The molecule has 1 aliphatic rings. The van der Waals surface area contributed by atoms with Crippen LogP contribution in [0.25, 0.3) is 11.0 Å². The minimum Gasteiger partial charge on any atom is -0.451 e. The molecule has 0 spiro atoms. The summed E-state index contributed by atoms with van der Waals surface area (Å²) in [6.07, 6.45) is 1.76. The maximum Gasteiger partial charge on any atom is 0.305 e. The van der Waals surface area contributed by atoms with E-state index in [4.69, 9.17) is 16.0 Å². The quantitative estimate of drug-likeness (QED) is 0.836. The second kappa shape index (κ2) is 4.83. The summed E-state index contributed by atoms with van der Waals surface area (Å²) >= 11 is 5.92. The molecule has 104 valence electrons. The van der Waals surface area contributed by atoms with Crippen molar-refractivity contribution in [3.05, 3.63) is 34.5 Å². The summed E-state index contributed by atoms with van der Waals surface area (Å²) in [4.78, 5) is 23.5. The van der Waals surface area contributed by atoms with Crippen molar-refractivity contribution in [2.24, 2.45) is 5.92 Å². The summed E-state index contributed by atoms with van der Waals surface area (Å²) < 4.78 is 5.50. The molecule has 20 heavy (non-hydrogen) atoms. The van der Waals surface area contributed by atoms with Gasteiger partial charge >= 0.3 is 5.91 Å². The van der Waals surface area contributed by atoms with Crippen molar-refractivity contribution in [3.8, 4) is 0 Å². The number of halogens is 1. The van der Waals surface area contributed by atoms with Crippen LogP contribution < -0.4 is 10.9 Å². The highest BCUT2D eigenvalue weighted by molar-refractivity contribution is 6.31. The molecule has 2 amide bonds. The van der Waals surface area contributed by atoms with Crippen LogP contribution in [0.5, 0.6) is 0 Å². The number of hydrogen-bond acceptors (Lipinski definition) is 3. The highest BCUT2D eigenvalue weighted by Gasteiger charge is 2.30. The largest absolute Gasteiger partial charge is 0.451 e.